The third-order valence-electron chi connectivity index (χ3n) is 2.66. The Morgan fingerprint density at radius 1 is 1.50 bits per heavy atom. The number of hydrogen-bond acceptors (Lipinski definition) is 3. The summed E-state index contributed by atoms with van der Waals surface area (Å²) in [6, 6.07) is 4.61. The van der Waals surface area contributed by atoms with Gasteiger partial charge in [0.1, 0.15) is 0 Å². The molecule has 5 heteroatoms. The van der Waals surface area contributed by atoms with Crippen LogP contribution < -0.4 is 5.32 Å². The maximum atomic E-state index is 11.1. The molecule has 0 radical (unpaired) electrons. The molecular weight excluding hydrogens is 254 g/mol. The number of carboxylic acids is 1. The standard InChI is InChI=1S/C13H18ClNO3/c1-3-6-13(2,18)8-15-11-5-4-9(14)7-10(11)12(16)17/h4-5,7,15,18H,3,6,8H2,1-2H3,(H,16,17). The van der Waals surface area contributed by atoms with Crippen LogP contribution in [0.15, 0.2) is 18.2 Å². The van der Waals surface area contributed by atoms with Gasteiger partial charge in [0, 0.05) is 17.3 Å². The topological polar surface area (TPSA) is 69.6 Å². The van der Waals surface area contributed by atoms with E-state index in [4.69, 9.17) is 16.7 Å². The smallest absolute Gasteiger partial charge is 0.337 e. The number of hydrogen-bond donors (Lipinski definition) is 3. The molecule has 0 spiro atoms. The second-order valence-corrected chi connectivity index (χ2v) is 5.03. The first-order valence-corrected chi connectivity index (χ1v) is 6.22. The largest absolute Gasteiger partial charge is 0.478 e. The number of anilines is 1. The Bertz CT molecular complexity index is 432. The summed E-state index contributed by atoms with van der Waals surface area (Å²) in [5, 5.41) is 22.4. The zero-order valence-electron chi connectivity index (χ0n) is 10.5. The summed E-state index contributed by atoms with van der Waals surface area (Å²) in [6.45, 7) is 4.00. The van der Waals surface area contributed by atoms with Gasteiger partial charge in [-0.25, -0.2) is 4.79 Å². The van der Waals surface area contributed by atoms with Crippen LogP contribution in [-0.2, 0) is 0 Å². The molecule has 0 saturated heterocycles. The van der Waals surface area contributed by atoms with Crippen LogP contribution in [0.25, 0.3) is 0 Å². The predicted octanol–water partition coefficient (Wildman–Crippen LogP) is 3.00. The highest BCUT2D eigenvalue weighted by molar-refractivity contribution is 6.31. The third-order valence-corrected chi connectivity index (χ3v) is 2.90. The van der Waals surface area contributed by atoms with E-state index in [9.17, 15) is 9.90 Å². The monoisotopic (exact) mass is 271 g/mol. The first kappa shape index (κ1) is 14.8. The summed E-state index contributed by atoms with van der Waals surface area (Å²) < 4.78 is 0. The molecule has 3 N–H and O–H groups in total. The van der Waals surface area contributed by atoms with Crippen LogP contribution in [0, 0.1) is 0 Å². The summed E-state index contributed by atoms with van der Waals surface area (Å²) in [7, 11) is 0. The van der Waals surface area contributed by atoms with Gasteiger partial charge in [-0.1, -0.05) is 24.9 Å². The van der Waals surface area contributed by atoms with Gasteiger partial charge in [-0.2, -0.15) is 0 Å². The fourth-order valence-corrected chi connectivity index (χ4v) is 1.93. The van der Waals surface area contributed by atoms with Crippen molar-refractivity contribution in [2.75, 3.05) is 11.9 Å². The lowest BCUT2D eigenvalue weighted by atomic mass is 10.0. The highest BCUT2D eigenvalue weighted by Crippen LogP contribution is 2.22. The summed E-state index contributed by atoms with van der Waals surface area (Å²) >= 11 is 5.76. The summed E-state index contributed by atoms with van der Waals surface area (Å²) in [4.78, 5) is 11.1. The molecule has 0 bridgehead atoms. The van der Waals surface area contributed by atoms with Gasteiger partial charge in [-0.3, -0.25) is 0 Å². The van der Waals surface area contributed by atoms with Crippen LogP contribution in [0.3, 0.4) is 0 Å². The molecule has 0 aromatic heterocycles. The van der Waals surface area contributed by atoms with Crippen LogP contribution in [-0.4, -0.2) is 28.3 Å². The van der Waals surface area contributed by atoms with Crippen molar-refractivity contribution in [3.8, 4) is 0 Å². The Hall–Kier alpha value is -1.26. The van der Waals surface area contributed by atoms with Crippen molar-refractivity contribution in [2.24, 2.45) is 0 Å². The predicted molar refractivity (Wildman–Crippen MR) is 72.4 cm³/mol. The van der Waals surface area contributed by atoms with E-state index in [2.05, 4.69) is 5.32 Å². The molecular formula is C13H18ClNO3. The minimum atomic E-state index is -1.05. The summed E-state index contributed by atoms with van der Waals surface area (Å²) in [5.74, 6) is -1.05. The molecule has 0 amide bonds. The molecule has 4 nitrogen and oxygen atoms in total. The highest BCUT2D eigenvalue weighted by Gasteiger charge is 2.20. The van der Waals surface area contributed by atoms with Crippen LogP contribution in [0.1, 0.15) is 37.0 Å². The zero-order valence-corrected chi connectivity index (χ0v) is 11.3. The third kappa shape index (κ3) is 4.20. The van der Waals surface area contributed by atoms with Crippen LogP contribution in [0.5, 0.6) is 0 Å². The Morgan fingerprint density at radius 3 is 2.72 bits per heavy atom. The molecule has 0 aliphatic rings. The number of halogens is 1. The Kier molecular flexibility index (Phi) is 4.99. The second-order valence-electron chi connectivity index (χ2n) is 4.60. The van der Waals surface area contributed by atoms with Gasteiger partial charge in [-0.15, -0.1) is 0 Å². The highest BCUT2D eigenvalue weighted by atomic mass is 35.5. The average Bonchev–Trinajstić information content (AvgIpc) is 2.27. The first-order chi connectivity index (χ1) is 8.35. The molecule has 0 aliphatic heterocycles. The molecule has 1 aromatic carbocycles. The fourth-order valence-electron chi connectivity index (χ4n) is 1.76. The van der Waals surface area contributed by atoms with Crippen LogP contribution in [0.2, 0.25) is 5.02 Å². The van der Waals surface area contributed by atoms with Crippen LogP contribution >= 0.6 is 11.6 Å². The van der Waals surface area contributed by atoms with E-state index < -0.39 is 11.6 Å². The molecule has 0 saturated carbocycles. The number of aliphatic hydroxyl groups is 1. The van der Waals surface area contributed by atoms with E-state index in [0.29, 0.717) is 23.7 Å². The van der Waals surface area contributed by atoms with Crippen molar-refractivity contribution in [3.63, 3.8) is 0 Å². The van der Waals surface area contributed by atoms with Gasteiger partial charge >= 0.3 is 5.97 Å². The maximum absolute atomic E-state index is 11.1. The molecule has 1 unspecified atom stereocenters. The van der Waals surface area contributed by atoms with Gasteiger partial charge in [0.2, 0.25) is 0 Å². The normalized spacial score (nSPS) is 14.0. The van der Waals surface area contributed by atoms with Gasteiger partial charge < -0.3 is 15.5 Å². The van der Waals surface area contributed by atoms with Crippen molar-refractivity contribution in [2.45, 2.75) is 32.3 Å². The lowest BCUT2D eigenvalue weighted by Crippen LogP contribution is -2.33. The number of carbonyl (C=O) groups is 1. The zero-order chi connectivity index (χ0) is 13.8. The van der Waals surface area contributed by atoms with Crippen molar-refractivity contribution in [3.05, 3.63) is 28.8 Å². The molecule has 18 heavy (non-hydrogen) atoms. The van der Waals surface area contributed by atoms with E-state index in [1.165, 1.54) is 6.07 Å². The lowest BCUT2D eigenvalue weighted by Gasteiger charge is -2.24. The van der Waals surface area contributed by atoms with Crippen LogP contribution in [0.4, 0.5) is 5.69 Å². The number of carboxylic acid groups (broad SMARTS) is 1. The Morgan fingerprint density at radius 2 is 2.17 bits per heavy atom. The lowest BCUT2D eigenvalue weighted by molar-refractivity contribution is 0.0631. The molecule has 100 valence electrons. The molecule has 1 aromatic rings. The van der Waals surface area contributed by atoms with Gasteiger partial charge in [-0.05, 0) is 31.5 Å². The van der Waals surface area contributed by atoms with Gasteiger partial charge in [0.15, 0.2) is 0 Å². The van der Waals surface area contributed by atoms with Crippen molar-refractivity contribution < 1.29 is 15.0 Å². The summed E-state index contributed by atoms with van der Waals surface area (Å²) in [5.41, 5.74) is -0.289. The molecule has 1 rings (SSSR count). The molecule has 0 heterocycles. The second kappa shape index (κ2) is 6.07. The van der Waals surface area contributed by atoms with E-state index in [1.807, 2.05) is 6.92 Å². The number of nitrogens with one attached hydrogen (secondary N) is 1. The summed E-state index contributed by atoms with van der Waals surface area (Å²) in [6.07, 6.45) is 1.51. The first-order valence-electron chi connectivity index (χ1n) is 5.85. The minimum Gasteiger partial charge on any atom is -0.478 e. The number of aromatic carboxylic acids is 1. The molecule has 0 aliphatic carbocycles. The van der Waals surface area contributed by atoms with Crippen molar-refractivity contribution in [1.82, 2.24) is 0 Å². The Labute approximate surface area is 112 Å². The molecule has 1 atom stereocenters. The van der Waals surface area contributed by atoms with Gasteiger partial charge in [0.05, 0.1) is 11.2 Å². The van der Waals surface area contributed by atoms with E-state index in [1.54, 1.807) is 19.1 Å². The maximum Gasteiger partial charge on any atom is 0.337 e. The van der Waals surface area contributed by atoms with E-state index in [-0.39, 0.29) is 5.56 Å². The van der Waals surface area contributed by atoms with Gasteiger partial charge in [0.25, 0.3) is 0 Å². The average molecular weight is 272 g/mol. The molecule has 0 fully saturated rings. The number of benzene rings is 1. The van der Waals surface area contributed by atoms with E-state index in [0.717, 1.165) is 6.42 Å². The Balaban J connectivity index is 2.82. The van der Waals surface area contributed by atoms with Crippen molar-refractivity contribution in [1.29, 1.82) is 0 Å². The van der Waals surface area contributed by atoms with Crippen molar-refractivity contribution >= 4 is 23.3 Å². The number of rotatable bonds is 6. The fraction of sp³-hybridized carbons (Fsp3) is 0.462. The quantitative estimate of drug-likeness (QED) is 0.744. The minimum absolute atomic E-state index is 0.106. The van der Waals surface area contributed by atoms with E-state index >= 15 is 0 Å². The SMILES string of the molecule is CCCC(C)(O)CNc1ccc(Cl)cc1C(=O)O.